The molecule has 1 fully saturated rings. The molecule has 1 aliphatic heterocycles. The van der Waals surface area contributed by atoms with Crippen molar-refractivity contribution < 1.29 is 14.3 Å². The maximum Gasteiger partial charge on any atom is 0.255 e. The first-order valence-corrected chi connectivity index (χ1v) is 10.6. The molecule has 1 heterocycles. The Morgan fingerprint density at radius 3 is 2.59 bits per heavy atom. The number of methoxy groups -OCH3 is 1. The molecule has 29 heavy (non-hydrogen) atoms. The SMILES string of the molecule is COc1cc(CNC2CCN(Cc3ccccc3)CC2)cc(Br)c1OCC(N)=O. The molecule has 0 aliphatic carbocycles. The van der Waals surface area contributed by atoms with Crippen LogP contribution in [0.1, 0.15) is 24.0 Å². The van der Waals surface area contributed by atoms with E-state index in [9.17, 15) is 4.79 Å². The second-order valence-corrected chi connectivity index (χ2v) is 8.14. The van der Waals surface area contributed by atoms with Gasteiger partial charge in [-0.2, -0.15) is 0 Å². The Labute approximate surface area is 180 Å². The number of hydrogen-bond donors (Lipinski definition) is 2. The van der Waals surface area contributed by atoms with Crippen molar-refractivity contribution in [2.24, 2.45) is 5.73 Å². The summed E-state index contributed by atoms with van der Waals surface area (Å²) in [6, 6.07) is 15.0. The lowest BCUT2D eigenvalue weighted by molar-refractivity contribution is -0.119. The van der Waals surface area contributed by atoms with Crippen molar-refractivity contribution in [1.29, 1.82) is 0 Å². The topological polar surface area (TPSA) is 76.8 Å². The molecular formula is C22H28BrN3O3. The summed E-state index contributed by atoms with van der Waals surface area (Å²) in [6.45, 7) is 3.77. The van der Waals surface area contributed by atoms with Crippen molar-refractivity contribution in [2.45, 2.75) is 32.0 Å². The first-order valence-electron chi connectivity index (χ1n) is 9.82. The van der Waals surface area contributed by atoms with E-state index in [-0.39, 0.29) is 6.61 Å². The molecule has 0 saturated carbocycles. The first-order chi connectivity index (χ1) is 14.0. The molecule has 1 amide bonds. The van der Waals surface area contributed by atoms with Gasteiger partial charge in [-0.05, 0) is 65.1 Å². The summed E-state index contributed by atoms with van der Waals surface area (Å²) >= 11 is 3.50. The van der Waals surface area contributed by atoms with E-state index in [4.69, 9.17) is 15.2 Å². The fourth-order valence-corrected chi connectivity index (χ4v) is 4.16. The van der Waals surface area contributed by atoms with Crippen molar-refractivity contribution in [3.05, 3.63) is 58.1 Å². The number of nitrogens with zero attached hydrogens (tertiary/aromatic N) is 1. The predicted molar refractivity (Wildman–Crippen MR) is 117 cm³/mol. The zero-order chi connectivity index (χ0) is 20.6. The van der Waals surface area contributed by atoms with Gasteiger partial charge in [0, 0.05) is 19.1 Å². The van der Waals surface area contributed by atoms with Crippen molar-refractivity contribution in [1.82, 2.24) is 10.2 Å². The maximum atomic E-state index is 11.0. The summed E-state index contributed by atoms with van der Waals surface area (Å²) in [7, 11) is 1.58. The molecule has 0 radical (unpaired) electrons. The number of amides is 1. The Morgan fingerprint density at radius 1 is 1.21 bits per heavy atom. The smallest absolute Gasteiger partial charge is 0.255 e. The number of ether oxygens (including phenoxy) is 2. The van der Waals surface area contributed by atoms with Crippen LogP contribution in [0.25, 0.3) is 0 Å². The number of primary amides is 1. The van der Waals surface area contributed by atoms with E-state index < -0.39 is 5.91 Å². The lowest BCUT2D eigenvalue weighted by atomic mass is 10.0. The van der Waals surface area contributed by atoms with Crippen LogP contribution in [0.15, 0.2) is 46.9 Å². The average Bonchev–Trinajstić information content (AvgIpc) is 2.72. The number of rotatable bonds is 9. The quantitative estimate of drug-likeness (QED) is 0.599. The van der Waals surface area contributed by atoms with Crippen molar-refractivity contribution >= 4 is 21.8 Å². The number of carbonyl (C=O) groups is 1. The van der Waals surface area contributed by atoms with Gasteiger partial charge in [0.1, 0.15) is 0 Å². The van der Waals surface area contributed by atoms with Gasteiger partial charge in [-0.1, -0.05) is 30.3 Å². The molecule has 7 heteroatoms. The molecule has 6 nitrogen and oxygen atoms in total. The number of carbonyl (C=O) groups excluding carboxylic acids is 1. The Morgan fingerprint density at radius 2 is 1.93 bits per heavy atom. The number of nitrogens with two attached hydrogens (primary N) is 1. The molecule has 2 aromatic rings. The maximum absolute atomic E-state index is 11.0. The van der Waals surface area contributed by atoms with Crippen LogP contribution >= 0.6 is 15.9 Å². The van der Waals surface area contributed by atoms with Gasteiger partial charge in [0.05, 0.1) is 11.6 Å². The van der Waals surface area contributed by atoms with E-state index in [1.807, 2.05) is 12.1 Å². The molecule has 156 valence electrons. The van der Waals surface area contributed by atoms with Crippen molar-refractivity contribution in [3.8, 4) is 11.5 Å². The van der Waals surface area contributed by atoms with Gasteiger partial charge in [-0.15, -0.1) is 0 Å². The van der Waals surface area contributed by atoms with Gasteiger partial charge in [-0.25, -0.2) is 0 Å². The minimum atomic E-state index is -0.525. The van der Waals surface area contributed by atoms with E-state index in [0.717, 1.165) is 49.1 Å². The fraction of sp³-hybridized carbons (Fsp3) is 0.409. The van der Waals surface area contributed by atoms with Crippen LogP contribution in [0.2, 0.25) is 0 Å². The average molecular weight is 462 g/mol. The van der Waals surface area contributed by atoms with Crippen LogP contribution in [0, 0.1) is 0 Å². The molecule has 2 aromatic carbocycles. The summed E-state index contributed by atoms with van der Waals surface area (Å²) in [4.78, 5) is 13.5. The fourth-order valence-electron chi connectivity index (χ4n) is 3.56. The van der Waals surface area contributed by atoms with E-state index >= 15 is 0 Å². The highest BCUT2D eigenvalue weighted by atomic mass is 79.9. The molecule has 1 saturated heterocycles. The molecule has 0 aromatic heterocycles. The highest BCUT2D eigenvalue weighted by molar-refractivity contribution is 9.10. The molecule has 0 spiro atoms. The highest BCUT2D eigenvalue weighted by Crippen LogP contribution is 2.36. The van der Waals surface area contributed by atoms with E-state index in [0.29, 0.717) is 17.5 Å². The van der Waals surface area contributed by atoms with Gasteiger partial charge in [-0.3, -0.25) is 9.69 Å². The monoisotopic (exact) mass is 461 g/mol. The second-order valence-electron chi connectivity index (χ2n) is 7.28. The Balaban J connectivity index is 1.50. The standard InChI is InChI=1S/C22H28BrN3O3/c1-28-20-12-17(11-19(23)22(20)29-15-21(24)27)13-25-18-7-9-26(10-8-18)14-16-5-3-2-4-6-16/h2-6,11-12,18,25H,7-10,13-15H2,1H3,(H2,24,27). The number of halogens is 1. The van der Waals surface area contributed by atoms with E-state index in [2.05, 4.69) is 56.5 Å². The zero-order valence-corrected chi connectivity index (χ0v) is 18.3. The molecule has 0 unspecified atom stereocenters. The Bertz CT molecular complexity index is 808. The van der Waals surface area contributed by atoms with Crippen molar-refractivity contribution in [3.63, 3.8) is 0 Å². The highest BCUT2D eigenvalue weighted by Gasteiger charge is 2.19. The van der Waals surface area contributed by atoms with Gasteiger partial charge in [0.25, 0.3) is 5.91 Å². The van der Waals surface area contributed by atoms with Gasteiger partial charge >= 0.3 is 0 Å². The number of hydrogen-bond acceptors (Lipinski definition) is 5. The summed E-state index contributed by atoms with van der Waals surface area (Å²) in [6.07, 6.45) is 2.26. The van der Waals surface area contributed by atoms with Gasteiger partial charge < -0.3 is 20.5 Å². The molecule has 3 N–H and O–H groups in total. The van der Waals surface area contributed by atoms with Crippen LogP contribution < -0.4 is 20.5 Å². The third kappa shape index (κ3) is 6.45. The first kappa shape index (κ1) is 21.6. The van der Waals surface area contributed by atoms with E-state index in [1.165, 1.54) is 5.56 Å². The van der Waals surface area contributed by atoms with Crippen LogP contribution in [0.5, 0.6) is 11.5 Å². The molecule has 0 atom stereocenters. The zero-order valence-electron chi connectivity index (χ0n) is 16.7. The lowest BCUT2D eigenvalue weighted by Crippen LogP contribution is -2.41. The summed E-state index contributed by atoms with van der Waals surface area (Å²) in [5.41, 5.74) is 7.62. The molecule has 0 bridgehead atoms. The lowest BCUT2D eigenvalue weighted by Gasteiger charge is -2.32. The van der Waals surface area contributed by atoms with Gasteiger partial charge in [0.2, 0.25) is 0 Å². The minimum absolute atomic E-state index is 0.186. The van der Waals surface area contributed by atoms with Crippen molar-refractivity contribution in [2.75, 3.05) is 26.8 Å². The van der Waals surface area contributed by atoms with Crippen LogP contribution in [-0.2, 0) is 17.9 Å². The van der Waals surface area contributed by atoms with E-state index in [1.54, 1.807) is 7.11 Å². The normalized spacial score (nSPS) is 15.2. The summed E-state index contributed by atoms with van der Waals surface area (Å²) in [5, 5.41) is 3.65. The summed E-state index contributed by atoms with van der Waals surface area (Å²) < 4.78 is 11.6. The molecule has 3 rings (SSSR count). The minimum Gasteiger partial charge on any atom is -0.493 e. The Hall–Kier alpha value is -2.09. The predicted octanol–water partition coefficient (Wildman–Crippen LogP) is 3.08. The number of benzene rings is 2. The number of piperidine rings is 1. The number of likely N-dealkylation sites (tertiary alicyclic amines) is 1. The number of nitrogens with one attached hydrogen (secondary N) is 1. The second kappa shape index (κ2) is 10.6. The molecular weight excluding hydrogens is 434 g/mol. The Kier molecular flexibility index (Phi) is 7.91. The third-order valence-corrected chi connectivity index (χ3v) is 5.67. The van der Waals surface area contributed by atoms with Crippen LogP contribution in [0.3, 0.4) is 0 Å². The molecule has 1 aliphatic rings. The summed E-state index contributed by atoms with van der Waals surface area (Å²) in [5.74, 6) is 0.544. The largest absolute Gasteiger partial charge is 0.493 e. The van der Waals surface area contributed by atoms with Crippen LogP contribution in [0.4, 0.5) is 0 Å². The van der Waals surface area contributed by atoms with Gasteiger partial charge in [0.15, 0.2) is 18.1 Å². The van der Waals surface area contributed by atoms with Crippen LogP contribution in [-0.4, -0.2) is 43.7 Å². The third-order valence-electron chi connectivity index (χ3n) is 5.08.